The zero-order valence-electron chi connectivity index (χ0n) is 15.7. The molecule has 7 heteroatoms. The van der Waals surface area contributed by atoms with Crippen molar-refractivity contribution in [2.24, 2.45) is 11.7 Å². The first-order valence-corrected chi connectivity index (χ1v) is 10.3. The summed E-state index contributed by atoms with van der Waals surface area (Å²) in [4.78, 5) is 19.5. The minimum absolute atomic E-state index is 0. The first-order valence-electron chi connectivity index (χ1n) is 9.51. The predicted molar refractivity (Wildman–Crippen MR) is 115 cm³/mol. The molecule has 150 valence electrons. The normalized spacial score (nSPS) is 24.3. The summed E-state index contributed by atoms with van der Waals surface area (Å²) >= 11 is 1.65. The third-order valence-electron chi connectivity index (χ3n) is 5.44. The van der Waals surface area contributed by atoms with E-state index in [1.165, 1.54) is 30.6 Å². The van der Waals surface area contributed by atoms with Gasteiger partial charge in [0.2, 0.25) is 0 Å². The second-order valence-corrected chi connectivity index (χ2v) is 8.53. The number of carbonyl (C=O) groups excluding carboxylic acids is 1. The van der Waals surface area contributed by atoms with Gasteiger partial charge in [-0.3, -0.25) is 4.79 Å². The van der Waals surface area contributed by atoms with E-state index in [0.717, 1.165) is 56.4 Å². The second kappa shape index (κ2) is 11.5. The molecular formula is C19H33Cl2N3OS. The van der Waals surface area contributed by atoms with Crippen LogP contribution >= 0.6 is 36.2 Å². The Morgan fingerprint density at radius 1 is 1.15 bits per heavy atom. The van der Waals surface area contributed by atoms with Crippen LogP contribution in [0.5, 0.6) is 0 Å². The van der Waals surface area contributed by atoms with Crippen LogP contribution < -0.4 is 5.73 Å². The summed E-state index contributed by atoms with van der Waals surface area (Å²) in [7, 11) is 0. The highest BCUT2D eigenvalue weighted by atomic mass is 35.5. The highest BCUT2D eigenvalue weighted by Crippen LogP contribution is 2.25. The Morgan fingerprint density at radius 3 is 2.65 bits per heavy atom. The van der Waals surface area contributed by atoms with Gasteiger partial charge < -0.3 is 15.5 Å². The molecule has 4 nitrogen and oxygen atoms in total. The number of rotatable bonds is 4. The number of nitrogens with two attached hydrogens (primary N) is 1. The van der Waals surface area contributed by atoms with Crippen LogP contribution in [0.2, 0.25) is 0 Å². The number of hydrogen-bond acceptors (Lipinski definition) is 4. The Morgan fingerprint density at radius 2 is 1.96 bits per heavy atom. The number of thiophene rings is 1. The molecule has 1 aromatic heterocycles. The highest BCUT2D eigenvalue weighted by Gasteiger charge is 2.25. The van der Waals surface area contributed by atoms with Crippen molar-refractivity contribution in [1.82, 2.24) is 9.80 Å². The van der Waals surface area contributed by atoms with Crippen molar-refractivity contribution in [1.29, 1.82) is 0 Å². The van der Waals surface area contributed by atoms with Gasteiger partial charge in [-0.25, -0.2) is 0 Å². The van der Waals surface area contributed by atoms with Crippen molar-refractivity contribution in [3.8, 4) is 0 Å². The Hall–Kier alpha value is -0.330. The number of nitrogens with zero attached hydrogens (tertiary/aromatic N) is 2. The molecule has 2 heterocycles. The SMILES string of the molecule is CCc1ccc(C(=O)N2CCCN(C[C@@H]3CCC[C@H](N)C3)CC2)s1.Cl.Cl. The van der Waals surface area contributed by atoms with Gasteiger partial charge in [0.05, 0.1) is 4.88 Å². The molecule has 2 N–H and O–H groups in total. The van der Waals surface area contributed by atoms with Crippen molar-refractivity contribution < 1.29 is 4.79 Å². The van der Waals surface area contributed by atoms with E-state index in [0.29, 0.717) is 6.04 Å². The Bertz CT molecular complexity index is 555. The fourth-order valence-electron chi connectivity index (χ4n) is 4.06. The molecular weight excluding hydrogens is 389 g/mol. The summed E-state index contributed by atoms with van der Waals surface area (Å²) in [5.41, 5.74) is 6.13. The van der Waals surface area contributed by atoms with Gasteiger partial charge >= 0.3 is 0 Å². The maximum Gasteiger partial charge on any atom is 0.263 e. The Kier molecular flexibility index (Phi) is 10.5. The third-order valence-corrected chi connectivity index (χ3v) is 6.65. The molecule has 0 aromatic carbocycles. The fourth-order valence-corrected chi connectivity index (χ4v) is 4.97. The lowest BCUT2D eigenvalue weighted by Gasteiger charge is -2.31. The van der Waals surface area contributed by atoms with Crippen LogP contribution in [0.1, 0.15) is 53.6 Å². The average molecular weight is 422 g/mol. The molecule has 1 aliphatic heterocycles. The smallest absolute Gasteiger partial charge is 0.263 e. The van der Waals surface area contributed by atoms with E-state index in [4.69, 9.17) is 5.73 Å². The van der Waals surface area contributed by atoms with Crippen LogP contribution in [0, 0.1) is 5.92 Å². The number of aryl methyl sites for hydroxylation is 1. The van der Waals surface area contributed by atoms with Crippen molar-refractivity contribution in [3.63, 3.8) is 0 Å². The summed E-state index contributed by atoms with van der Waals surface area (Å²) in [5.74, 6) is 0.974. The summed E-state index contributed by atoms with van der Waals surface area (Å²) in [6, 6.07) is 4.49. The summed E-state index contributed by atoms with van der Waals surface area (Å²) in [5, 5.41) is 0. The van der Waals surface area contributed by atoms with E-state index in [2.05, 4.69) is 22.8 Å². The zero-order chi connectivity index (χ0) is 16.9. The maximum absolute atomic E-state index is 12.7. The Labute approximate surface area is 174 Å². The molecule has 1 aliphatic carbocycles. The van der Waals surface area contributed by atoms with Gasteiger partial charge in [0.1, 0.15) is 0 Å². The molecule has 2 aliphatic rings. The topological polar surface area (TPSA) is 49.6 Å². The molecule has 26 heavy (non-hydrogen) atoms. The molecule has 1 aromatic rings. The van der Waals surface area contributed by atoms with Gasteiger partial charge in [0, 0.05) is 37.1 Å². The van der Waals surface area contributed by atoms with Crippen LogP contribution in [-0.4, -0.2) is 54.5 Å². The number of carbonyl (C=O) groups is 1. The molecule has 2 atom stereocenters. The molecule has 1 saturated carbocycles. The van der Waals surface area contributed by atoms with Gasteiger partial charge in [-0.15, -0.1) is 36.2 Å². The molecule has 2 fully saturated rings. The molecule has 0 spiro atoms. The van der Waals surface area contributed by atoms with Crippen LogP contribution in [0.4, 0.5) is 0 Å². The van der Waals surface area contributed by atoms with E-state index in [9.17, 15) is 4.79 Å². The number of halogens is 2. The molecule has 0 radical (unpaired) electrons. The van der Waals surface area contributed by atoms with Gasteiger partial charge in [0.15, 0.2) is 0 Å². The van der Waals surface area contributed by atoms with Crippen molar-refractivity contribution in [2.75, 3.05) is 32.7 Å². The van der Waals surface area contributed by atoms with E-state index in [-0.39, 0.29) is 30.7 Å². The third kappa shape index (κ3) is 6.38. The minimum atomic E-state index is 0. The van der Waals surface area contributed by atoms with Crippen molar-refractivity contribution in [3.05, 3.63) is 21.9 Å². The van der Waals surface area contributed by atoms with E-state index in [1.807, 2.05) is 6.07 Å². The predicted octanol–water partition coefficient (Wildman–Crippen LogP) is 3.82. The summed E-state index contributed by atoms with van der Waals surface area (Å²) < 4.78 is 0. The lowest BCUT2D eigenvalue weighted by atomic mass is 9.86. The molecule has 0 bridgehead atoms. The van der Waals surface area contributed by atoms with E-state index >= 15 is 0 Å². The summed E-state index contributed by atoms with van der Waals surface area (Å²) in [6.07, 6.45) is 7.06. The van der Waals surface area contributed by atoms with Gasteiger partial charge in [0.25, 0.3) is 5.91 Å². The highest BCUT2D eigenvalue weighted by molar-refractivity contribution is 7.14. The average Bonchev–Trinajstić information content (AvgIpc) is 2.94. The maximum atomic E-state index is 12.7. The molecule has 3 rings (SSSR count). The molecule has 1 saturated heterocycles. The van der Waals surface area contributed by atoms with Gasteiger partial charge in [-0.05, 0) is 56.7 Å². The van der Waals surface area contributed by atoms with Crippen LogP contribution in [0.3, 0.4) is 0 Å². The quantitative estimate of drug-likeness (QED) is 0.803. The molecule has 1 amide bonds. The fraction of sp³-hybridized carbons (Fsp3) is 0.737. The van der Waals surface area contributed by atoms with Gasteiger partial charge in [-0.1, -0.05) is 13.3 Å². The summed E-state index contributed by atoms with van der Waals surface area (Å²) in [6.45, 7) is 7.16. The molecule has 0 unspecified atom stereocenters. The van der Waals surface area contributed by atoms with E-state index < -0.39 is 0 Å². The van der Waals surface area contributed by atoms with Crippen LogP contribution in [-0.2, 0) is 6.42 Å². The lowest BCUT2D eigenvalue weighted by molar-refractivity contribution is 0.0764. The van der Waals surface area contributed by atoms with E-state index in [1.54, 1.807) is 11.3 Å². The van der Waals surface area contributed by atoms with Crippen LogP contribution in [0.15, 0.2) is 12.1 Å². The second-order valence-electron chi connectivity index (χ2n) is 7.36. The number of amides is 1. The van der Waals surface area contributed by atoms with Crippen molar-refractivity contribution >= 4 is 42.1 Å². The standard InChI is InChI=1S/C19H31N3OS.2ClH/c1-2-17-7-8-18(24-17)19(23)22-10-4-9-21(11-12-22)14-15-5-3-6-16(20)13-15;;/h7-8,15-16H,2-6,9-14,20H2,1H3;2*1H/t15-,16+;;/m1../s1. The Balaban J connectivity index is 0.00000169. The van der Waals surface area contributed by atoms with Gasteiger partial charge in [-0.2, -0.15) is 0 Å². The minimum Gasteiger partial charge on any atom is -0.337 e. The number of hydrogen-bond donors (Lipinski definition) is 1. The first kappa shape index (κ1) is 23.7. The monoisotopic (exact) mass is 421 g/mol. The van der Waals surface area contributed by atoms with Crippen molar-refractivity contribution in [2.45, 2.75) is 51.5 Å². The first-order chi connectivity index (χ1) is 11.7. The lowest BCUT2D eigenvalue weighted by Crippen LogP contribution is -2.38. The zero-order valence-corrected chi connectivity index (χ0v) is 18.1. The van der Waals surface area contributed by atoms with Crippen LogP contribution in [0.25, 0.3) is 0 Å². The largest absolute Gasteiger partial charge is 0.337 e.